The van der Waals surface area contributed by atoms with Crippen molar-refractivity contribution < 1.29 is 0 Å². The van der Waals surface area contributed by atoms with E-state index in [-0.39, 0.29) is 0 Å². The van der Waals surface area contributed by atoms with Gasteiger partial charge in [0.05, 0.1) is 0 Å². The van der Waals surface area contributed by atoms with Crippen LogP contribution in [0.15, 0.2) is 0 Å². The van der Waals surface area contributed by atoms with Crippen LogP contribution in [0.2, 0.25) is 17.5 Å². The van der Waals surface area contributed by atoms with Gasteiger partial charge in [-0.3, -0.25) is 0 Å². The highest BCUT2D eigenvalue weighted by Crippen LogP contribution is 2.55. The van der Waals surface area contributed by atoms with Crippen LogP contribution in [0.1, 0.15) is 60.3 Å². The van der Waals surface area contributed by atoms with Gasteiger partial charge in [0.1, 0.15) is 6.71 Å². The smallest absolute Gasteiger partial charge is 0.0706 e. The van der Waals surface area contributed by atoms with Crippen molar-refractivity contribution in [3.63, 3.8) is 0 Å². The molecule has 1 aliphatic carbocycles. The normalized spacial score (nSPS) is 35.6. The van der Waals surface area contributed by atoms with E-state index in [0.717, 1.165) is 30.3 Å². The standard InChI is InChI=1S/C15H29B/c1-11(2)15(4,5)16-10-12(3)13-7-6-8-14(16)9-13/h11-14H,6-10H2,1-5H3/t12-,13-,14+/m0/s1. The van der Waals surface area contributed by atoms with Crippen LogP contribution in [-0.2, 0) is 0 Å². The van der Waals surface area contributed by atoms with Gasteiger partial charge in [-0.2, -0.15) is 0 Å². The molecule has 0 N–H and O–H groups in total. The quantitative estimate of drug-likeness (QED) is 0.566. The van der Waals surface area contributed by atoms with Gasteiger partial charge in [0.25, 0.3) is 0 Å². The summed E-state index contributed by atoms with van der Waals surface area (Å²) in [6, 6.07) is 0. The van der Waals surface area contributed by atoms with Crippen molar-refractivity contribution >= 4 is 6.71 Å². The molecule has 0 aromatic heterocycles. The first kappa shape index (κ1) is 12.5. The molecule has 0 spiro atoms. The Morgan fingerprint density at radius 1 is 1.19 bits per heavy atom. The zero-order chi connectivity index (χ0) is 11.9. The zero-order valence-corrected chi connectivity index (χ0v) is 11.9. The van der Waals surface area contributed by atoms with E-state index in [1.54, 1.807) is 6.42 Å². The molecule has 2 bridgehead atoms. The fourth-order valence-corrected chi connectivity index (χ4v) is 4.27. The van der Waals surface area contributed by atoms with Crippen molar-refractivity contribution in [3.05, 3.63) is 0 Å². The van der Waals surface area contributed by atoms with Gasteiger partial charge < -0.3 is 0 Å². The molecular weight excluding hydrogens is 191 g/mol. The molecule has 2 rings (SSSR count). The molecule has 1 aliphatic heterocycles. The summed E-state index contributed by atoms with van der Waals surface area (Å²) in [7, 11) is 0. The number of hydrogen-bond donors (Lipinski definition) is 0. The van der Waals surface area contributed by atoms with Crippen LogP contribution in [0.5, 0.6) is 0 Å². The van der Waals surface area contributed by atoms with Crippen molar-refractivity contribution in [1.82, 2.24) is 0 Å². The first-order valence-electron chi connectivity index (χ1n) is 7.43. The van der Waals surface area contributed by atoms with Crippen LogP contribution in [-0.4, -0.2) is 6.71 Å². The summed E-state index contributed by atoms with van der Waals surface area (Å²) in [6.45, 7) is 13.4. The summed E-state index contributed by atoms with van der Waals surface area (Å²) in [6.07, 6.45) is 7.59. The van der Waals surface area contributed by atoms with Gasteiger partial charge in [0, 0.05) is 0 Å². The van der Waals surface area contributed by atoms with Crippen molar-refractivity contribution in [3.8, 4) is 0 Å². The van der Waals surface area contributed by atoms with Crippen LogP contribution in [0.25, 0.3) is 0 Å². The van der Waals surface area contributed by atoms with E-state index in [2.05, 4.69) is 34.6 Å². The van der Waals surface area contributed by atoms with Crippen LogP contribution < -0.4 is 0 Å². The molecule has 16 heavy (non-hydrogen) atoms. The lowest BCUT2D eigenvalue weighted by Crippen LogP contribution is -2.44. The average Bonchev–Trinajstić information content (AvgIpc) is 2.23. The second-order valence-corrected chi connectivity index (χ2v) is 7.48. The van der Waals surface area contributed by atoms with E-state index < -0.39 is 0 Å². The Bertz CT molecular complexity index is 244. The second-order valence-electron chi connectivity index (χ2n) is 7.48. The maximum absolute atomic E-state index is 2.52. The van der Waals surface area contributed by atoms with Crippen molar-refractivity contribution in [1.29, 1.82) is 0 Å². The Morgan fingerprint density at radius 2 is 1.88 bits per heavy atom. The molecule has 0 aromatic carbocycles. The zero-order valence-electron chi connectivity index (χ0n) is 11.9. The van der Waals surface area contributed by atoms with E-state index in [4.69, 9.17) is 0 Å². The molecule has 2 aliphatic rings. The molecular formula is C15H29B. The highest BCUT2D eigenvalue weighted by Gasteiger charge is 2.47. The monoisotopic (exact) mass is 220 g/mol. The molecule has 1 saturated carbocycles. The molecule has 0 nitrogen and oxygen atoms in total. The predicted molar refractivity (Wildman–Crippen MR) is 74.3 cm³/mol. The molecule has 2 fully saturated rings. The lowest BCUT2D eigenvalue weighted by molar-refractivity contribution is 0.246. The molecule has 92 valence electrons. The highest BCUT2D eigenvalue weighted by molar-refractivity contribution is 6.64. The summed E-state index contributed by atoms with van der Waals surface area (Å²) in [5, 5.41) is 0.543. The molecule has 0 aromatic rings. The molecule has 1 heteroatoms. The summed E-state index contributed by atoms with van der Waals surface area (Å²) >= 11 is 0. The van der Waals surface area contributed by atoms with Crippen molar-refractivity contribution in [2.24, 2.45) is 17.8 Å². The maximum atomic E-state index is 2.52. The fraction of sp³-hybridized carbons (Fsp3) is 1.00. The molecule has 0 radical (unpaired) electrons. The summed E-state index contributed by atoms with van der Waals surface area (Å²) in [5.74, 6) is 3.92. The number of fused-ring (bicyclic) bond motifs is 2. The van der Waals surface area contributed by atoms with Crippen LogP contribution in [0, 0.1) is 17.8 Å². The van der Waals surface area contributed by atoms with Crippen LogP contribution in [0.4, 0.5) is 0 Å². The molecule has 3 atom stereocenters. The van der Waals surface area contributed by atoms with Crippen molar-refractivity contribution in [2.75, 3.05) is 0 Å². The Hall–Kier alpha value is 0.0649. The first-order valence-corrected chi connectivity index (χ1v) is 7.43. The number of rotatable bonds is 2. The van der Waals surface area contributed by atoms with Crippen LogP contribution in [0.3, 0.4) is 0 Å². The van der Waals surface area contributed by atoms with Gasteiger partial charge in [0.2, 0.25) is 0 Å². The Labute approximate surface area is 103 Å². The third-order valence-electron chi connectivity index (χ3n) is 6.20. The number of hydrogen-bond acceptors (Lipinski definition) is 0. The SMILES string of the molecule is CC(C)C(C)(C)B1C[C@H](C)[C@H]2CCC[C@@H]1C2. The Morgan fingerprint density at radius 3 is 2.50 bits per heavy atom. The largest absolute Gasteiger partial charge is 0.149 e. The first-order chi connectivity index (χ1) is 7.43. The summed E-state index contributed by atoms with van der Waals surface area (Å²) < 4.78 is 0. The van der Waals surface area contributed by atoms with E-state index in [9.17, 15) is 0 Å². The second kappa shape index (κ2) is 4.39. The van der Waals surface area contributed by atoms with Gasteiger partial charge in [-0.25, -0.2) is 0 Å². The summed E-state index contributed by atoms with van der Waals surface area (Å²) in [5.41, 5.74) is 0. The third-order valence-corrected chi connectivity index (χ3v) is 6.20. The molecule has 1 saturated heterocycles. The lowest BCUT2D eigenvalue weighted by atomic mass is 9.20. The van der Waals surface area contributed by atoms with Gasteiger partial charge >= 0.3 is 0 Å². The molecule has 0 amide bonds. The maximum Gasteiger partial charge on any atom is 0.149 e. The van der Waals surface area contributed by atoms with E-state index in [0.29, 0.717) is 5.31 Å². The predicted octanol–water partition coefficient (Wildman–Crippen LogP) is 5.13. The van der Waals surface area contributed by atoms with Gasteiger partial charge in [-0.15, -0.1) is 0 Å². The Kier molecular flexibility index (Phi) is 3.43. The van der Waals surface area contributed by atoms with E-state index in [1.807, 2.05) is 0 Å². The minimum absolute atomic E-state index is 0.543. The van der Waals surface area contributed by atoms with Crippen molar-refractivity contribution in [2.45, 2.75) is 77.8 Å². The summed E-state index contributed by atoms with van der Waals surface area (Å²) in [4.78, 5) is 0. The van der Waals surface area contributed by atoms with Gasteiger partial charge in [-0.05, 0) is 17.8 Å². The topological polar surface area (TPSA) is 0 Å². The average molecular weight is 220 g/mol. The van der Waals surface area contributed by atoms with E-state index in [1.165, 1.54) is 25.6 Å². The fourth-order valence-electron chi connectivity index (χ4n) is 4.27. The minimum atomic E-state index is 0.543. The van der Waals surface area contributed by atoms with E-state index >= 15 is 0 Å². The highest BCUT2D eigenvalue weighted by atomic mass is 14.4. The lowest BCUT2D eigenvalue weighted by Gasteiger charge is -2.49. The van der Waals surface area contributed by atoms with Gasteiger partial charge in [0.15, 0.2) is 0 Å². The molecule has 0 unspecified atom stereocenters. The van der Waals surface area contributed by atoms with Crippen LogP contribution >= 0.6 is 0 Å². The van der Waals surface area contributed by atoms with Gasteiger partial charge in [-0.1, -0.05) is 77.8 Å². The molecule has 1 heterocycles. The third kappa shape index (κ3) is 2.07. The Balaban J connectivity index is 2.15. The minimum Gasteiger partial charge on any atom is -0.0706 e.